The molecule has 6 nitrogen and oxygen atoms in total. The van der Waals surface area contributed by atoms with Gasteiger partial charge in [0.2, 0.25) is 0 Å². The third-order valence-corrected chi connectivity index (χ3v) is 6.65. The molecule has 1 aromatic heterocycles. The van der Waals surface area contributed by atoms with Gasteiger partial charge in [-0.15, -0.1) is 0 Å². The maximum atomic E-state index is 13.9. The van der Waals surface area contributed by atoms with Crippen LogP contribution in [0.3, 0.4) is 0 Å². The van der Waals surface area contributed by atoms with E-state index in [9.17, 15) is 12.8 Å². The Morgan fingerprint density at radius 3 is 2.32 bits per heavy atom. The van der Waals surface area contributed by atoms with Crippen LogP contribution < -0.4 is 9.62 Å². The van der Waals surface area contributed by atoms with Gasteiger partial charge in [-0.2, -0.15) is 5.10 Å². The van der Waals surface area contributed by atoms with E-state index in [1.165, 1.54) is 12.1 Å². The first-order valence-corrected chi connectivity index (χ1v) is 11.1. The number of hydrogen-bond donors (Lipinski definition) is 1. The van der Waals surface area contributed by atoms with E-state index in [-0.39, 0.29) is 16.1 Å². The SMILES string of the molecule is Cc1nn(C(C)(C)C)c(C)c1S(=O)(=O)Nc1cc(F)ccc1N1CCCCC1. The number of rotatable bonds is 4. The van der Waals surface area contributed by atoms with Gasteiger partial charge in [0.25, 0.3) is 10.0 Å². The molecule has 1 fully saturated rings. The molecule has 0 unspecified atom stereocenters. The van der Waals surface area contributed by atoms with Crippen molar-refractivity contribution < 1.29 is 12.8 Å². The highest BCUT2D eigenvalue weighted by atomic mass is 32.2. The molecule has 2 aromatic rings. The first kappa shape index (κ1) is 20.6. The summed E-state index contributed by atoms with van der Waals surface area (Å²) in [6.07, 6.45) is 3.24. The number of aryl methyl sites for hydroxylation is 1. The van der Waals surface area contributed by atoms with Crippen LogP contribution in [0.2, 0.25) is 0 Å². The van der Waals surface area contributed by atoms with Crippen molar-refractivity contribution in [2.45, 2.75) is 64.3 Å². The summed E-state index contributed by atoms with van der Waals surface area (Å²) in [5, 5.41) is 4.43. The second kappa shape index (κ2) is 7.39. The molecule has 0 amide bonds. The molecule has 1 aliphatic rings. The van der Waals surface area contributed by atoms with Crippen LogP contribution >= 0.6 is 0 Å². The van der Waals surface area contributed by atoms with Crippen molar-refractivity contribution in [2.24, 2.45) is 0 Å². The molecule has 2 heterocycles. The topological polar surface area (TPSA) is 67.2 Å². The van der Waals surface area contributed by atoms with Gasteiger partial charge in [0.1, 0.15) is 10.7 Å². The van der Waals surface area contributed by atoms with Gasteiger partial charge in [0.15, 0.2) is 0 Å². The molecule has 0 atom stereocenters. The minimum Gasteiger partial charge on any atom is -0.370 e. The molecule has 0 aliphatic carbocycles. The Morgan fingerprint density at radius 2 is 1.75 bits per heavy atom. The number of aromatic nitrogens is 2. The van der Waals surface area contributed by atoms with Crippen molar-refractivity contribution in [3.63, 3.8) is 0 Å². The minimum atomic E-state index is -3.92. The molecule has 1 aliphatic heterocycles. The number of hydrogen-bond acceptors (Lipinski definition) is 4. The second-order valence-corrected chi connectivity index (χ2v) is 10.0. The maximum Gasteiger partial charge on any atom is 0.265 e. The lowest BCUT2D eigenvalue weighted by molar-refractivity contribution is 0.345. The zero-order valence-electron chi connectivity index (χ0n) is 17.2. The quantitative estimate of drug-likeness (QED) is 0.824. The van der Waals surface area contributed by atoms with Crippen molar-refractivity contribution in [3.05, 3.63) is 35.4 Å². The van der Waals surface area contributed by atoms with Crippen LogP contribution in [0.25, 0.3) is 0 Å². The lowest BCUT2D eigenvalue weighted by atomic mass is 10.1. The molecule has 0 spiro atoms. The number of sulfonamides is 1. The van der Waals surface area contributed by atoms with Gasteiger partial charge < -0.3 is 4.90 Å². The summed E-state index contributed by atoms with van der Waals surface area (Å²) in [7, 11) is -3.92. The molecule has 8 heteroatoms. The van der Waals surface area contributed by atoms with Gasteiger partial charge in [-0.1, -0.05) is 0 Å². The fourth-order valence-electron chi connectivity index (χ4n) is 3.87. The maximum absolute atomic E-state index is 13.9. The highest BCUT2D eigenvalue weighted by Gasteiger charge is 2.29. The zero-order valence-corrected chi connectivity index (χ0v) is 18.0. The fraction of sp³-hybridized carbons (Fsp3) is 0.550. The molecule has 0 saturated carbocycles. The Hall–Kier alpha value is -2.09. The van der Waals surface area contributed by atoms with E-state index in [1.54, 1.807) is 24.6 Å². The normalized spacial score (nSPS) is 15.7. The van der Waals surface area contributed by atoms with Crippen molar-refractivity contribution in [3.8, 4) is 0 Å². The van der Waals surface area contributed by atoms with Crippen molar-refractivity contribution in [1.82, 2.24) is 9.78 Å². The third-order valence-electron chi connectivity index (χ3n) is 5.03. The van der Waals surface area contributed by atoms with Crippen molar-refractivity contribution in [1.29, 1.82) is 0 Å². The zero-order chi connectivity index (χ0) is 20.7. The summed E-state index contributed by atoms with van der Waals surface area (Å²) in [5.41, 5.74) is 1.62. The molecule has 0 radical (unpaired) electrons. The summed E-state index contributed by atoms with van der Waals surface area (Å²) in [4.78, 5) is 2.26. The summed E-state index contributed by atoms with van der Waals surface area (Å²) in [6, 6.07) is 4.27. The largest absolute Gasteiger partial charge is 0.370 e. The highest BCUT2D eigenvalue weighted by molar-refractivity contribution is 7.92. The lowest BCUT2D eigenvalue weighted by Crippen LogP contribution is -2.30. The number of piperidine rings is 1. The van der Waals surface area contributed by atoms with Crippen LogP contribution in [0.4, 0.5) is 15.8 Å². The molecule has 1 saturated heterocycles. The Labute approximate surface area is 166 Å². The number of nitrogens with one attached hydrogen (secondary N) is 1. The van der Waals surface area contributed by atoms with E-state index in [4.69, 9.17) is 0 Å². The summed E-state index contributed by atoms with van der Waals surface area (Å²) in [6.45, 7) is 11.0. The average Bonchev–Trinajstić information content (AvgIpc) is 2.91. The number of anilines is 2. The van der Waals surface area contributed by atoms with E-state index in [0.29, 0.717) is 17.1 Å². The van der Waals surface area contributed by atoms with Crippen LogP contribution in [-0.4, -0.2) is 31.3 Å². The van der Waals surface area contributed by atoms with Crippen LogP contribution in [0, 0.1) is 19.7 Å². The fourth-order valence-corrected chi connectivity index (χ4v) is 5.33. The van der Waals surface area contributed by atoms with E-state index in [1.807, 2.05) is 20.8 Å². The van der Waals surface area contributed by atoms with Gasteiger partial charge in [-0.3, -0.25) is 9.40 Å². The van der Waals surface area contributed by atoms with Crippen LogP contribution in [-0.2, 0) is 15.6 Å². The second-order valence-electron chi connectivity index (χ2n) is 8.40. The first-order chi connectivity index (χ1) is 13.0. The predicted molar refractivity (Wildman–Crippen MR) is 110 cm³/mol. The van der Waals surface area contributed by atoms with Crippen molar-refractivity contribution in [2.75, 3.05) is 22.7 Å². The standard InChI is InChI=1S/C20H29FN4O2S/c1-14-19(15(2)25(22-14)20(3,4)5)28(26,27)23-17-13-16(21)9-10-18(17)24-11-7-6-8-12-24/h9-10,13,23H,6-8,11-12H2,1-5H3. The molecule has 0 bridgehead atoms. The van der Waals surface area contributed by atoms with Crippen molar-refractivity contribution >= 4 is 21.4 Å². The van der Waals surface area contributed by atoms with Gasteiger partial charge in [-0.05, 0) is 66.0 Å². The van der Waals surface area contributed by atoms with Gasteiger partial charge in [-0.25, -0.2) is 12.8 Å². The van der Waals surface area contributed by atoms with Gasteiger partial charge >= 0.3 is 0 Å². The van der Waals surface area contributed by atoms with Crippen LogP contribution in [0.15, 0.2) is 23.1 Å². The average molecular weight is 409 g/mol. The molecule has 28 heavy (non-hydrogen) atoms. The Kier molecular flexibility index (Phi) is 5.44. The summed E-state index contributed by atoms with van der Waals surface area (Å²) >= 11 is 0. The first-order valence-electron chi connectivity index (χ1n) is 9.65. The molecular formula is C20H29FN4O2S. The van der Waals surface area contributed by atoms with E-state index in [0.717, 1.165) is 32.4 Å². The number of halogens is 1. The lowest BCUT2D eigenvalue weighted by Gasteiger charge is -2.30. The molecule has 154 valence electrons. The third kappa shape index (κ3) is 4.01. The van der Waals surface area contributed by atoms with Gasteiger partial charge in [0.05, 0.1) is 28.3 Å². The smallest absolute Gasteiger partial charge is 0.265 e. The van der Waals surface area contributed by atoms with Crippen LogP contribution in [0.1, 0.15) is 51.4 Å². The number of nitrogens with zero attached hydrogens (tertiary/aromatic N) is 3. The molecule has 1 N–H and O–H groups in total. The number of benzene rings is 1. The Balaban J connectivity index is 2.02. The Bertz CT molecular complexity index is 971. The summed E-state index contributed by atoms with van der Waals surface area (Å²) in [5.74, 6) is -0.475. The van der Waals surface area contributed by atoms with Crippen LogP contribution in [0.5, 0.6) is 0 Å². The minimum absolute atomic E-state index is 0.149. The monoisotopic (exact) mass is 408 g/mol. The molecule has 3 rings (SSSR count). The molecule has 1 aromatic carbocycles. The van der Waals surface area contributed by atoms with E-state index >= 15 is 0 Å². The summed E-state index contributed by atoms with van der Waals surface area (Å²) < 4.78 is 44.7. The Morgan fingerprint density at radius 1 is 1.11 bits per heavy atom. The highest BCUT2D eigenvalue weighted by Crippen LogP contribution is 2.33. The molecular weight excluding hydrogens is 379 g/mol. The van der Waals surface area contributed by atoms with Gasteiger partial charge in [0, 0.05) is 19.2 Å². The van der Waals surface area contributed by atoms with E-state index < -0.39 is 15.8 Å². The van der Waals surface area contributed by atoms with E-state index in [2.05, 4.69) is 14.7 Å². The predicted octanol–water partition coefficient (Wildman–Crippen LogP) is 4.19.